The number of H-pyrrole nitrogens is 1. The summed E-state index contributed by atoms with van der Waals surface area (Å²) < 4.78 is 13.4. The Bertz CT molecular complexity index is 1060. The zero-order valence-electron chi connectivity index (χ0n) is 15.8. The molecule has 0 saturated heterocycles. The Kier molecular flexibility index (Phi) is 4.21. The summed E-state index contributed by atoms with van der Waals surface area (Å²) in [5.74, 6) is -0.223. The summed E-state index contributed by atoms with van der Waals surface area (Å²) in [6, 6.07) is 11.1. The molecule has 4 heteroatoms. The first-order chi connectivity index (χ1) is 13.7. The largest absolute Gasteiger partial charge is 0.360 e. The Morgan fingerprint density at radius 1 is 1.04 bits per heavy atom. The van der Waals surface area contributed by atoms with E-state index < -0.39 is 0 Å². The molecule has 5 rings (SSSR count). The van der Waals surface area contributed by atoms with E-state index >= 15 is 0 Å². The number of rotatable bonds is 3. The number of aromatic nitrogens is 2. The van der Waals surface area contributed by atoms with Crippen LogP contribution in [0.4, 0.5) is 4.39 Å². The van der Waals surface area contributed by atoms with Crippen LogP contribution in [0.2, 0.25) is 0 Å². The topological polar surface area (TPSA) is 31.9 Å². The van der Waals surface area contributed by atoms with Crippen LogP contribution in [0.5, 0.6) is 0 Å². The van der Waals surface area contributed by atoms with Crippen LogP contribution < -0.4 is 0 Å². The summed E-state index contributed by atoms with van der Waals surface area (Å²) in [6.45, 7) is 4.34. The fraction of sp³-hybridized carbons (Fsp3) is 0.208. The quantitative estimate of drug-likeness (QED) is 0.634. The first-order valence-corrected chi connectivity index (χ1v) is 9.69. The van der Waals surface area contributed by atoms with Gasteiger partial charge < -0.3 is 4.98 Å². The lowest BCUT2D eigenvalue weighted by Gasteiger charge is -2.28. The molecule has 0 fully saturated rings. The average molecular weight is 371 g/mol. The molecule has 3 nitrogen and oxygen atoms in total. The van der Waals surface area contributed by atoms with Gasteiger partial charge in [-0.1, -0.05) is 17.7 Å². The number of hydrogen-bond acceptors (Lipinski definition) is 2. The maximum Gasteiger partial charge on any atom is 0.123 e. The lowest BCUT2D eigenvalue weighted by atomic mass is 9.91. The van der Waals surface area contributed by atoms with Crippen molar-refractivity contribution in [1.29, 1.82) is 0 Å². The maximum atomic E-state index is 13.4. The molecule has 1 aromatic carbocycles. The normalized spacial score (nSPS) is 19.3. The molecule has 0 aliphatic carbocycles. The monoisotopic (exact) mass is 371 g/mol. The van der Waals surface area contributed by atoms with Crippen molar-refractivity contribution in [2.24, 2.45) is 0 Å². The highest BCUT2D eigenvalue weighted by Crippen LogP contribution is 2.40. The van der Waals surface area contributed by atoms with Gasteiger partial charge in [0.25, 0.3) is 0 Å². The lowest BCUT2D eigenvalue weighted by Crippen LogP contribution is -2.33. The van der Waals surface area contributed by atoms with Crippen molar-refractivity contribution in [3.63, 3.8) is 0 Å². The summed E-state index contributed by atoms with van der Waals surface area (Å²) in [7, 11) is 0. The number of benzene rings is 1. The number of fused-ring (bicyclic) bond motifs is 1. The van der Waals surface area contributed by atoms with E-state index in [-0.39, 0.29) is 5.82 Å². The Morgan fingerprint density at radius 3 is 2.61 bits per heavy atom. The van der Waals surface area contributed by atoms with E-state index in [0.717, 1.165) is 41.9 Å². The minimum absolute atomic E-state index is 0.223. The molecule has 0 radical (unpaired) electrons. The van der Waals surface area contributed by atoms with E-state index in [1.165, 1.54) is 28.8 Å². The van der Waals surface area contributed by atoms with Crippen LogP contribution in [0.15, 0.2) is 72.7 Å². The van der Waals surface area contributed by atoms with Crippen LogP contribution in [0, 0.1) is 5.82 Å². The standard InChI is InChI=1S/C24H22FN3/c1-16-12-21-13-19(8-11-28(21)15-16)22-14-27-24(18-2-4-20(25)5-3-18)23(22)17-6-9-26-10-7-17/h2-7,9-10,12-14,21,27H,8,11,15H2,1H3/t21-/m0/s1. The molecule has 1 atom stereocenters. The predicted octanol–water partition coefficient (Wildman–Crippen LogP) is 5.30. The Labute approximate surface area is 164 Å². The van der Waals surface area contributed by atoms with Gasteiger partial charge in [-0.15, -0.1) is 0 Å². The van der Waals surface area contributed by atoms with Crippen molar-refractivity contribution >= 4 is 5.57 Å². The molecule has 2 aliphatic rings. The SMILES string of the molecule is CC1=C[C@H]2C=C(c3c[nH]c(-c4ccc(F)cc4)c3-c3ccncc3)CCN2C1. The summed E-state index contributed by atoms with van der Waals surface area (Å²) in [6.07, 6.45) is 11.5. The summed E-state index contributed by atoms with van der Waals surface area (Å²) in [4.78, 5) is 10.1. The van der Waals surface area contributed by atoms with Crippen LogP contribution in [-0.4, -0.2) is 34.0 Å². The molecular formula is C24H22FN3. The molecule has 3 aromatic rings. The highest BCUT2D eigenvalue weighted by molar-refractivity contribution is 5.91. The predicted molar refractivity (Wildman–Crippen MR) is 111 cm³/mol. The molecule has 0 amide bonds. The number of hydrogen-bond donors (Lipinski definition) is 1. The van der Waals surface area contributed by atoms with Crippen LogP contribution in [0.1, 0.15) is 18.9 Å². The third kappa shape index (κ3) is 3.00. The van der Waals surface area contributed by atoms with Gasteiger partial charge in [-0.25, -0.2) is 4.39 Å². The van der Waals surface area contributed by atoms with Gasteiger partial charge in [0.1, 0.15) is 5.82 Å². The fourth-order valence-corrected chi connectivity index (χ4v) is 4.37. The highest BCUT2D eigenvalue weighted by atomic mass is 19.1. The third-order valence-corrected chi connectivity index (χ3v) is 5.70. The molecule has 0 spiro atoms. The Balaban J connectivity index is 1.65. The fourth-order valence-electron chi connectivity index (χ4n) is 4.37. The van der Waals surface area contributed by atoms with E-state index in [9.17, 15) is 4.39 Å². The smallest absolute Gasteiger partial charge is 0.123 e. The van der Waals surface area contributed by atoms with Crippen LogP contribution in [0.3, 0.4) is 0 Å². The molecule has 0 saturated carbocycles. The Hall–Kier alpha value is -2.98. The van der Waals surface area contributed by atoms with Gasteiger partial charge in [-0.2, -0.15) is 0 Å². The molecule has 1 N–H and O–H groups in total. The van der Waals surface area contributed by atoms with Crippen LogP contribution in [-0.2, 0) is 0 Å². The van der Waals surface area contributed by atoms with Crippen molar-refractivity contribution in [3.8, 4) is 22.4 Å². The van der Waals surface area contributed by atoms with Crippen molar-refractivity contribution in [2.45, 2.75) is 19.4 Å². The summed E-state index contributed by atoms with van der Waals surface area (Å²) in [5.41, 5.74) is 8.31. The van der Waals surface area contributed by atoms with Gasteiger partial charge in [-0.05, 0) is 66.4 Å². The van der Waals surface area contributed by atoms with E-state index in [4.69, 9.17) is 0 Å². The minimum Gasteiger partial charge on any atom is -0.360 e. The van der Waals surface area contributed by atoms with Crippen LogP contribution >= 0.6 is 0 Å². The number of nitrogens with zero attached hydrogens (tertiary/aromatic N) is 2. The van der Waals surface area contributed by atoms with Crippen LogP contribution in [0.25, 0.3) is 28.0 Å². The first-order valence-electron chi connectivity index (χ1n) is 9.69. The van der Waals surface area contributed by atoms with Gasteiger partial charge in [0.2, 0.25) is 0 Å². The van der Waals surface area contributed by atoms with Crippen molar-refractivity contribution < 1.29 is 4.39 Å². The molecule has 28 heavy (non-hydrogen) atoms. The summed E-state index contributed by atoms with van der Waals surface area (Å²) in [5, 5.41) is 0. The average Bonchev–Trinajstić information content (AvgIpc) is 3.31. The molecule has 0 unspecified atom stereocenters. The number of nitrogens with one attached hydrogen (secondary N) is 1. The third-order valence-electron chi connectivity index (χ3n) is 5.70. The second-order valence-corrected chi connectivity index (χ2v) is 7.61. The van der Waals surface area contributed by atoms with E-state index in [1.807, 2.05) is 36.7 Å². The second-order valence-electron chi connectivity index (χ2n) is 7.61. The zero-order chi connectivity index (χ0) is 19.1. The van der Waals surface area contributed by atoms with E-state index in [2.05, 4.69) is 40.1 Å². The lowest BCUT2D eigenvalue weighted by molar-refractivity contribution is 0.301. The Morgan fingerprint density at radius 2 is 1.82 bits per heavy atom. The van der Waals surface area contributed by atoms with Gasteiger partial charge in [0, 0.05) is 48.8 Å². The van der Waals surface area contributed by atoms with Crippen molar-refractivity contribution in [1.82, 2.24) is 14.9 Å². The van der Waals surface area contributed by atoms with Gasteiger partial charge in [0.05, 0.1) is 5.69 Å². The first kappa shape index (κ1) is 17.1. The van der Waals surface area contributed by atoms with Gasteiger partial charge >= 0.3 is 0 Å². The van der Waals surface area contributed by atoms with Crippen molar-refractivity contribution in [3.05, 3.63) is 84.1 Å². The minimum atomic E-state index is -0.223. The van der Waals surface area contributed by atoms with E-state index in [1.54, 1.807) is 0 Å². The number of halogens is 1. The van der Waals surface area contributed by atoms with Gasteiger partial charge in [0.15, 0.2) is 0 Å². The number of aromatic amines is 1. The van der Waals surface area contributed by atoms with Crippen molar-refractivity contribution in [2.75, 3.05) is 13.1 Å². The molecular weight excluding hydrogens is 349 g/mol. The maximum absolute atomic E-state index is 13.4. The summed E-state index contributed by atoms with van der Waals surface area (Å²) >= 11 is 0. The molecule has 140 valence electrons. The zero-order valence-corrected chi connectivity index (χ0v) is 15.8. The second kappa shape index (κ2) is 6.88. The molecule has 2 aliphatic heterocycles. The number of pyridine rings is 1. The molecule has 4 heterocycles. The molecule has 0 bridgehead atoms. The van der Waals surface area contributed by atoms with E-state index in [0.29, 0.717) is 6.04 Å². The van der Waals surface area contributed by atoms with Gasteiger partial charge in [-0.3, -0.25) is 9.88 Å². The molecule has 2 aromatic heterocycles. The highest BCUT2D eigenvalue weighted by Gasteiger charge is 2.27.